The van der Waals surface area contributed by atoms with Gasteiger partial charge in [0.25, 0.3) is 5.91 Å². The van der Waals surface area contributed by atoms with Crippen molar-refractivity contribution in [3.8, 4) is 0 Å². The van der Waals surface area contributed by atoms with Gasteiger partial charge in [0, 0.05) is 64.1 Å². The first kappa shape index (κ1) is 22.1. The van der Waals surface area contributed by atoms with Crippen LogP contribution in [0.2, 0.25) is 0 Å². The van der Waals surface area contributed by atoms with Crippen LogP contribution in [0.15, 0.2) is 24.3 Å². The number of nitrogens with one attached hydrogen (secondary N) is 1. The van der Waals surface area contributed by atoms with Crippen LogP contribution in [-0.4, -0.2) is 86.7 Å². The maximum absolute atomic E-state index is 13.4. The molecule has 1 aromatic carbocycles. The summed E-state index contributed by atoms with van der Waals surface area (Å²) in [5.41, 5.74) is 1.83. The minimum Gasteiger partial charge on any atom is -0.375 e. The molecule has 0 spiro atoms. The molecule has 0 radical (unpaired) electrons. The maximum Gasteiger partial charge on any atom is 0.256 e. The fourth-order valence-electron chi connectivity index (χ4n) is 5.33. The number of amides is 2. The Morgan fingerprint density at radius 1 is 0.968 bits per heavy atom. The summed E-state index contributed by atoms with van der Waals surface area (Å²) in [6, 6.07) is 8.90. The fourth-order valence-corrected chi connectivity index (χ4v) is 5.33. The lowest BCUT2D eigenvalue weighted by molar-refractivity contribution is -0.125. The van der Waals surface area contributed by atoms with Crippen molar-refractivity contribution in [2.75, 3.05) is 57.9 Å². The fraction of sp³-hybridized carbons (Fsp3) is 0.667. The molecule has 0 bridgehead atoms. The molecular weight excluding hydrogens is 392 g/mol. The van der Waals surface area contributed by atoms with E-state index >= 15 is 0 Å². The molecule has 7 heteroatoms. The Morgan fingerprint density at radius 2 is 1.65 bits per heavy atom. The first-order valence-corrected chi connectivity index (χ1v) is 11.8. The van der Waals surface area contributed by atoms with E-state index in [1.807, 2.05) is 23.1 Å². The quantitative estimate of drug-likeness (QED) is 0.752. The van der Waals surface area contributed by atoms with E-state index in [1.54, 1.807) is 0 Å². The molecule has 7 nitrogen and oxygen atoms in total. The summed E-state index contributed by atoms with van der Waals surface area (Å²) < 4.78 is 4.90. The molecule has 170 valence electrons. The molecule has 2 saturated heterocycles. The van der Waals surface area contributed by atoms with E-state index in [2.05, 4.69) is 21.2 Å². The second-order valence-electron chi connectivity index (χ2n) is 9.05. The highest BCUT2D eigenvalue weighted by atomic mass is 16.5. The normalized spacial score (nSPS) is 21.5. The second kappa shape index (κ2) is 10.5. The Kier molecular flexibility index (Phi) is 7.45. The lowest BCUT2D eigenvalue weighted by Crippen LogP contribution is -2.51. The molecule has 1 aliphatic carbocycles. The van der Waals surface area contributed by atoms with Crippen molar-refractivity contribution < 1.29 is 14.3 Å². The molecule has 31 heavy (non-hydrogen) atoms. The van der Waals surface area contributed by atoms with Gasteiger partial charge in [0.05, 0.1) is 5.56 Å². The predicted octanol–water partition coefficient (Wildman–Crippen LogP) is 2.12. The Hall–Kier alpha value is -2.12. The number of anilines is 1. The zero-order valence-electron chi connectivity index (χ0n) is 18.7. The topological polar surface area (TPSA) is 65.1 Å². The van der Waals surface area contributed by atoms with Gasteiger partial charge in [0.1, 0.15) is 6.61 Å². The Bertz CT molecular complexity index is 749. The Morgan fingerprint density at radius 3 is 2.32 bits per heavy atom. The molecular formula is C24H36N4O3. The molecule has 1 N–H and O–H groups in total. The van der Waals surface area contributed by atoms with E-state index in [9.17, 15) is 9.59 Å². The average Bonchev–Trinajstić information content (AvgIpc) is 3.34. The standard InChI is InChI=1S/C24H36N4O3/c1-31-18-23(29)25-19-10-12-27(13-11-19)22-9-5-4-8-21(22)24(30)28-16-14-26(15-17-28)20-6-2-3-7-20/h4-5,8-9,19-20H,2-3,6-7,10-18H2,1H3,(H,25,29). The third-order valence-electron chi connectivity index (χ3n) is 7.05. The Labute approximate surface area is 185 Å². The largest absolute Gasteiger partial charge is 0.375 e. The van der Waals surface area contributed by atoms with Crippen LogP contribution in [-0.2, 0) is 9.53 Å². The molecule has 3 aliphatic rings. The number of carbonyl (C=O) groups is 2. The number of piperazine rings is 1. The first-order chi connectivity index (χ1) is 15.2. The minimum atomic E-state index is -0.0618. The summed E-state index contributed by atoms with van der Waals surface area (Å²) in [4.78, 5) is 32.1. The van der Waals surface area contributed by atoms with Gasteiger partial charge >= 0.3 is 0 Å². The molecule has 2 aliphatic heterocycles. The zero-order valence-corrected chi connectivity index (χ0v) is 18.7. The van der Waals surface area contributed by atoms with Gasteiger partial charge < -0.3 is 19.9 Å². The zero-order chi connectivity index (χ0) is 21.6. The molecule has 2 amide bonds. The van der Waals surface area contributed by atoms with Crippen molar-refractivity contribution in [2.45, 2.75) is 50.6 Å². The smallest absolute Gasteiger partial charge is 0.256 e. The average molecular weight is 429 g/mol. The highest BCUT2D eigenvalue weighted by molar-refractivity contribution is 6.00. The van der Waals surface area contributed by atoms with Gasteiger partial charge in [-0.25, -0.2) is 0 Å². The van der Waals surface area contributed by atoms with Gasteiger partial charge in [0.15, 0.2) is 0 Å². The van der Waals surface area contributed by atoms with Gasteiger partial charge in [0.2, 0.25) is 5.91 Å². The molecule has 0 aromatic heterocycles. The number of para-hydroxylation sites is 1. The highest BCUT2D eigenvalue weighted by Gasteiger charge is 2.30. The van der Waals surface area contributed by atoms with Crippen LogP contribution >= 0.6 is 0 Å². The van der Waals surface area contributed by atoms with Crippen molar-refractivity contribution in [1.82, 2.24) is 15.1 Å². The van der Waals surface area contributed by atoms with Crippen LogP contribution in [0.25, 0.3) is 0 Å². The van der Waals surface area contributed by atoms with E-state index in [-0.39, 0.29) is 24.5 Å². The van der Waals surface area contributed by atoms with Crippen molar-refractivity contribution in [3.63, 3.8) is 0 Å². The molecule has 0 unspecified atom stereocenters. The third kappa shape index (κ3) is 5.39. The number of carbonyl (C=O) groups excluding carboxylic acids is 2. The van der Waals surface area contributed by atoms with Crippen LogP contribution in [0.5, 0.6) is 0 Å². The van der Waals surface area contributed by atoms with Crippen LogP contribution in [0, 0.1) is 0 Å². The summed E-state index contributed by atoms with van der Waals surface area (Å²) in [5, 5.41) is 3.04. The van der Waals surface area contributed by atoms with Gasteiger partial charge in [-0.2, -0.15) is 0 Å². The lowest BCUT2D eigenvalue weighted by Gasteiger charge is -2.39. The van der Waals surface area contributed by atoms with Crippen molar-refractivity contribution >= 4 is 17.5 Å². The van der Waals surface area contributed by atoms with E-state index in [0.717, 1.165) is 69.4 Å². The Balaban J connectivity index is 1.34. The number of ether oxygens (including phenoxy) is 1. The number of nitrogens with zero attached hydrogens (tertiary/aromatic N) is 3. The summed E-state index contributed by atoms with van der Waals surface area (Å²) in [7, 11) is 1.53. The lowest BCUT2D eigenvalue weighted by atomic mass is 10.0. The molecule has 3 fully saturated rings. The number of hydrogen-bond donors (Lipinski definition) is 1. The van der Waals surface area contributed by atoms with Gasteiger partial charge in [-0.15, -0.1) is 0 Å². The van der Waals surface area contributed by atoms with E-state index in [1.165, 1.54) is 32.8 Å². The number of methoxy groups -OCH3 is 1. The highest BCUT2D eigenvalue weighted by Crippen LogP contribution is 2.27. The van der Waals surface area contributed by atoms with E-state index < -0.39 is 0 Å². The molecule has 4 rings (SSSR count). The number of benzene rings is 1. The van der Waals surface area contributed by atoms with Crippen LogP contribution < -0.4 is 10.2 Å². The molecule has 2 heterocycles. The number of rotatable bonds is 6. The van der Waals surface area contributed by atoms with Crippen LogP contribution in [0.4, 0.5) is 5.69 Å². The van der Waals surface area contributed by atoms with Crippen LogP contribution in [0.3, 0.4) is 0 Å². The number of hydrogen-bond acceptors (Lipinski definition) is 5. The SMILES string of the molecule is COCC(=O)NC1CCN(c2ccccc2C(=O)N2CCN(C3CCCC3)CC2)CC1. The molecule has 1 saturated carbocycles. The first-order valence-electron chi connectivity index (χ1n) is 11.8. The summed E-state index contributed by atoms with van der Waals surface area (Å²) in [5.74, 6) is 0.0884. The molecule has 1 aromatic rings. The maximum atomic E-state index is 13.4. The monoisotopic (exact) mass is 428 g/mol. The predicted molar refractivity (Wildman–Crippen MR) is 121 cm³/mol. The summed E-state index contributed by atoms with van der Waals surface area (Å²) >= 11 is 0. The van der Waals surface area contributed by atoms with Crippen LogP contribution in [0.1, 0.15) is 48.9 Å². The van der Waals surface area contributed by atoms with Crippen molar-refractivity contribution in [3.05, 3.63) is 29.8 Å². The van der Waals surface area contributed by atoms with Gasteiger partial charge in [-0.05, 0) is 37.8 Å². The number of piperidine rings is 1. The second-order valence-corrected chi connectivity index (χ2v) is 9.05. The van der Waals surface area contributed by atoms with E-state index in [4.69, 9.17) is 4.74 Å². The summed E-state index contributed by atoms with van der Waals surface area (Å²) in [6.45, 7) is 5.38. The summed E-state index contributed by atoms with van der Waals surface area (Å²) in [6.07, 6.45) is 7.08. The minimum absolute atomic E-state index is 0.0618. The van der Waals surface area contributed by atoms with Gasteiger partial charge in [-0.1, -0.05) is 25.0 Å². The molecule has 0 atom stereocenters. The van der Waals surface area contributed by atoms with Crippen molar-refractivity contribution in [1.29, 1.82) is 0 Å². The van der Waals surface area contributed by atoms with Crippen molar-refractivity contribution in [2.24, 2.45) is 0 Å². The van der Waals surface area contributed by atoms with Gasteiger partial charge in [-0.3, -0.25) is 14.5 Å². The van der Waals surface area contributed by atoms with E-state index in [0.29, 0.717) is 0 Å². The third-order valence-corrected chi connectivity index (χ3v) is 7.05.